The first kappa shape index (κ1) is 12.4. The molecular weight excluding hydrogens is 210 g/mol. The molecule has 0 unspecified atom stereocenters. The van der Waals surface area contributed by atoms with E-state index in [1.54, 1.807) is 0 Å². The van der Waals surface area contributed by atoms with Gasteiger partial charge in [0, 0.05) is 11.0 Å². The van der Waals surface area contributed by atoms with Crippen molar-refractivity contribution in [2.24, 2.45) is 5.73 Å². The predicted octanol–water partition coefficient (Wildman–Crippen LogP) is 3.16. The van der Waals surface area contributed by atoms with Crippen LogP contribution >= 0.6 is 0 Å². The molecule has 0 saturated heterocycles. The number of rotatable bonds is 4. The lowest BCUT2D eigenvalue weighted by atomic mass is 9.74. The van der Waals surface area contributed by atoms with Gasteiger partial charge < -0.3 is 10.5 Å². The fraction of sp³-hybridized carbons (Fsp3) is 0.600. The highest BCUT2D eigenvalue weighted by Gasteiger charge is 2.52. The van der Waals surface area contributed by atoms with E-state index in [2.05, 4.69) is 39.0 Å². The summed E-state index contributed by atoms with van der Waals surface area (Å²) < 4.78 is 5.52. The first-order valence-electron chi connectivity index (χ1n) is 6.43. The number of ether oxygens (including phenoxy) is 1. The van der Waals surface area contributed by atoms with Gasteiger partial charge in [0.05, 0.1) is 6.61 Å². The molecule has 0 heterocycles. The first-order valence-corrected chi connectivity index (χ1v) is 6.43. The standard InChI is InChI=1S/C15H23NO/c1-5-17-12-6-7-13(11(2)10-12)14(3,4)15(16)8-9-15/h6-7,10H,5,8-9,16H2,1-4H3. The van der Waals surface area contributed by atoms with Gasteiger partial charge in [-0.1, -0.05) is 19.9 Å². The third-order valence-corrected chi connectivity index (χ3v) is 4.22. The Morgan fingerprint density at radius 3 is 2.47 bits per heavy atom. The van der Waals surface area contributed by atoms with Gasteiger partial charge >= 0.3 is 0 Å². The van der Waals surface area contributed by atoms with Crippen LogP contribution in [0.25, 0.3) is 0 Å². The molecule has 1 aromatic carbocycles. The highest BCUT2D eigenvalue weighted by atomic mass is 16.5. The Hall–Kier alpha value is -1.02. The number of aryl methyl sites for hydroxylation is 1. The lowest BCUT2D eigenvalue weighted by molar-refractivity contribution is 0.338. The van der Waals surface area contributed by atoms with Crippen LogP contribution in [-0.2, 0) is 5.41 Å². The van der Waals surface area contributed by atoms with Crippen LogP contribution in [0.1, 0.15) is 44.7 Å². The molecule has 0 radical (unpaired) electrons. The summed E-state index contributed by atoms with van der Waals surface area (Å²) in [7, 11) is 0. The van der Waals surface area contributed by atoms with Crippen LogP contribution in [0.5, 0.6) is 5.75 Å². The molecule has 1 aromatic rings. The number of hydrogen-bond acceptors (Lipinski definition) is 2. The Morgan fingerprint density at radius 1 is 1.35 bits per heavy atom. The molecule has 1 saturated carbocycles. The summed E-state index contributed by atoms with van der Waals surface area (Å²) in [6.45, 7) is 9.37. The van der Waals surface area contributed by atoms with Gasteiger partial charge in [-0.15, -0.1) is 0 Å². The van der Waals surface area contributed by atoms with Crippen LogP contribution in [-0.4, -0.2) is 12.1 Å². The third-order valence-electron chi connectivity index (χ3n) is 4.22. The molecular formula is C15H23NO. The van der Waals surface area contributed by atoms with Crippen molar-refractivity contribution in [1.82, 2.24) is 0 Å². The number of hydrogen-bond donors (Lipinski definition) is 1. The fourth-order valence-corrected chi connectivity index (χ4v) is 2.62. The smallest absolute Gasteiger partial charge is 0.119 e. The van der Waals surface area contributed by atoms with Crippen molar-refractivity contribution >= 4 is 0 Å². The molecule has 0 spiro atoms. The van der Waals surface area contributed by atoms with Gasteiger partial charge in [0.15, 0.2) is 0 Å². The summed E-state index contributed by atoms with van der Waals surface area (Å²) in [4.78, 5) is 0. The minimum atomic E-state index is -0.00904. The van der Waals surface area contributed by atoms with Crippen LogP contribution in [0.3, 0.4) is 0 Å². The van der Waals surface area contributed by atoms with Crippen LogP contribution < -0.4 is 10.5 Å². The molecule has 94 valence electrons. The highest BCUT2D eigenvalue weighted by molar-refractivity contribution is 5.42. The van der Waals surface area contributed by atoms with Gasteiger partial charge in [-0.05, 0) is 49.9 Å². The van der Waals surface area contributed by atoms with Gasteiger partial charge in [-0.25, -0.2) is 0 Å². The van der Waals surface area contributed by atoms with E-state index in [4.69, 9.17) is 10.5 Å². The lowest BCUT2D eigenvalue weighted by Gasteiger charge is -2.34. The average Bonchev–Trinajstić information content (AvgIpc) is 2.98. The topological polar surface area (TPSA) is 35.2 Å². The van der Waals surface area contributed by atoms with E-state index in [0.29, 0.717) is 6.61 Å². The minimum absolute atomic E-state index is 0.00904. The molecule has 17 heavy (non-hydrogen) atoms. The molecule has 2 nitrogen and oxygen atoms in total. The second-order valence-corrected chi connectivity index (χ2v) is 5.69. The van der Waals surface area contributed by atoms with Gasteiger partial charge in [0.25, 0.3) is 0 Å². The van der Waals surface area contributed by atoms with Crippen LogP contribution in [0.15, 0.2) is 18.2 Å². The van der Waals surface area contributed by atoms with Crippen LogP contribution in [0.4, 0.5) is 0 Å². The molecule has 0 aromatic heterocycles. The Labute approximate surface area is 104 Å². The zero-order valence-corrected chi connectivity index (χ0v) is 11.3. The predicted molar refractivity (Wildman–Crippen MR) is 71.5 cm³/mol. The highest BCUT2D eigenvalue weighted by Crippen LogP contribution is 2.50. The second-order valence-electron chi connectivity index (χ2n) is 5.69. The Balaban J connectivity index is 2.33. The third kappa shape index (κ3) is 2.06. The van der Waals surface area contributed by atoms with Gasteiger partial charge in [0.1, 0.15) is 5.75 Å². The summed E-state index contributed by atoms with van der Waals surface area (Å²) in [6.07, 6.45) is 2.26. The lowest BCUT2D eigenvalue weighted by Crippen LogP contribution is -2.43. The Bertz CT molecular complexity index is 419. The molecule has 1 aliphatic carbocycles. The van der Waals surface area contributed by atoms with Crippen molar-refractivity contribution in [2.45, 2.75) is 51.5 Å². The van der Waals surface area contributed by atoms with E-state index in [9.17, 15) is 0 Å². The van der Waals surface area contributed by atoms with E-state index in [1.165, 1.54) is 11.1 Å². The van der Waals surface area contributed by atoms with E-state index in [1.807, 2.05) is 6.92 Å². The minimum Gasteiger partial charge on any atom is -0.494 e. The van der Waals surface area contributed by atoms with Crippen molar-refractivity contribution < 1.29 is 4.74 Å². The van der Waals surface area contributed by atoms with Gasteiger partial charge in [-0.2, -0.15) is 0 Å². The van der Waals surface area contributed by atoms with Crippen molar-refractivity contribution in [1.29, 1.82) is 0 Å². The average molecular weight is 233 g/mol. The summed E-state index contributed by atoms with van der Waals surface area (Å²) in [5, 5.41) is 0. The normalized spacial score (nSPS) is 17.9. The van der Waals surface area contributed by atoms with Crippen molar-refractivity contribution in [3.63, 3.8) is 0 Å². The maximum atomic E-state index is 6.39. The van der Waals surface area contributed by atoms with E-state index < -0.39 is 0 Å². The summed E-state index contributed by atoms with van der Waals surface area (Å²) >= 11 is 0. The van der Waals surface area contributed by atoms with Crippen LogP contribution in [0, 0.1) is 6.92 Å². The second kappa shape index (κ2) is 4.02. The molecule has 2 rings (SSSR count). The zero-order chi connectivity index (χ0) is 12.7. The summed E-state index contributed by atoms with van der Waals surface area (Å²) in [5.74, 6) is 0.950. The van der Waals surface area contributed by atoms with Crippen molar-refractivity contribution in [2.75, 3.05) is 6.61 Å². The Morgan fingerprint density at radius 2 is 2.00 bits per heavy atom. The summed E-state index contributed by atoms with van der Waals surface area (Å²) in [6, 6.07) is 6.35. The largest absolute Gasteiger partial charge is 0.494 e. The SMILES string of the molecule is CCOc1ccc(C(C)(C)C2(N)CC2)c(C)c1. The fourth-order valence-electron chi connectivity index (χ4n) is 2.62. The molecule has 0 amide bonds. The quantitative estimate of drug-likeness (QED) is 0.867. The van der Waals surface area contributed by atoms with E-state index in [-0.39, 0.29) is 11.0 Å². The maximum absolute atomic E-state index is 6.39. The van der Waals surface area contributed by atoms with Crippen LogP contribution in [0.2, 0.25) is 0 Å². The van der Waals surface area contributed by atoms with Crippen molar-refractivity contribution in [3.8, 4) is 5.75 Å². The number of benzene rings is 1. The summed E-state index contributed by atoms with van der Waals surface area (Å²) in [5.41, 5.74) is 9.05. The van der Waals surface area contributed by atoms with Gasteiger partial charge in [0.2, 0.25) is 0 Å². The maximum Gasteiger partial charge on any atom is 0.119 e. The monoisotopic (exact) mass is 233 g/mol. The molecule has 2 N–H and O–H groups in total. The molecule has 0 atom stereocenters. The molecule has 1 aliphatic rings. The number of nitrogens with two attached hydrogens (primary N) is 1. The Kier molecular flexibility index (Phi) is 2.94. The zero-order valence-electron chi connectivity index (χ0n) is 11.3. The molecule has 0 aliphatic heterocycles. The molecule has 1 fully saturated rings. The van der Waals surface area contributed by atoms with Gasteiger partial charge in [-0.3, -0.25) is 0 Å². The van der Waals surface area contributed by atoms with E-state index >= 15 is 0 Å². The van der Waals surface area contributed by atoms with Crippen molar-refractivity contribution in [3.05, 3.63) is 29.3 Å². The molecule has 2 heteroatoms. The first-order chi connectivity index (χ1) is 7.90. The van der Waals surface area contributed by atoms with E-state index in [0.717, 1.165) is 18.6 Å². The molecule has 0 bridgehead atoms.